The number of phenols is 1. The van der Waals surface area contributed by atoms with Crippen molar-refractivity contribution in [2.75, 3.05) is 20.3 Å². The number of hydrogen-bond acceptors (Lipinski definition) is 3. The Kier molecular flexibility index (Phi) is 3.46. The van der Waals surface area contributed by atoms with Gasteiger partial charge in [-0.2, -0.15) is 0 Å². The summed E-state index contributed by atoms with van der Waals surface area (Å²) >= 11 is 0. The normalized spacial score (nSPS) is 25.6. The molecule has 1 aromatic carbocycles. The molecule has 88 valence electrons. The molecular weight excluding hydrogens is 202 g/mol. The van der Waals surface area contributed by atoms with E-state index < -0.39 is 0 Å². The number of piperidine rings is 1. The van der Waals surface area contributed by atoms with Crippen LogP contribution in [0.15, 0.2) is 24.3 Å². The molecule has 1 saturated heterocycles. The van der Waals surface area contributed by atoms with Crippen molar-refractivity contribution in [3.05, 3.63) is 29.8 Å². The van der Waals surface area contributed by atoms with Gasteiger partial charge in [-0.15, -0.1) is 0 Å². The van der Waals surface area contributed by atoms with Gasteiger partial charge in [-0.1, -0.05) is 12.1 Å². The van der Waals surface area contributed by atoms with Gasteiger partial charge < -0.3 is 15.2 Å². The second kappa shape index (κ2) is 4.85. The molecule has 1 fully saturated rings. The van der Waals surface area contributed by atoms with Crippen LogP contribution >= 0.6 is 0 Å². The molecule has 3 heteroatoms. The van der Waals surface area contributed by atoms with Crippen molar-refractivity contribution < 1.29 is 9.84 Å². The number of phenolic OH excluding ortho intramolecular Hbond substituents is 1. The van der Waals surface area contributed by atoms with Gasteiger partial charge in [0, 0.05) is 7.11 Å². The van der Waals surface area contributed by atoms with Crippen LogP contribution in [0.25, 0.3) is 0 Å². The first-order chi connectivity index (χ1) is 7.77. The van der Waals surface area contributed by atoms with E-state index in [-0.39, 0.29) is 5.54 Å². The van der Waals surface area contributed by atoms with Crippen LogP contribution < -0.4 is 5.32 Å². The molecule has 1 aromatic rings. The van der Waals surface area contributed by atoms with Crippen LogP contribution in [0.5, 0.6) is 5.75 Å². The molecule has 3 nitrogen and oxygen atoms in total. The predicted molar refractivity (Wildman–Crippen MR) is 63.5 cm³/mol. The molecule has 2 N–H and O–H groups in total. The second-order valence-electron chi connectivity index (χ2n) is 4.45. The Morgan fingerprint density at radius 1 is 1.31 bits per heavy atom. The minimum atomic E-state index is -0.0688. The summed E-state index contributed by atoms with van der Waals surface area (Å²) in [4.78, 5) is 0. The van der Waals surface area contributed by atoms with Gasteiger partial charge in [0.1, 0.15) is 5.75 Å². The molecular formula is C13H19NO2. The highest BCUT2D eigenvalue weighted by molar-refractivity contribution is 5.31. The van der Waals surface area contributed by atoms with Gasteiger partial charge in [0.15, 0.2) is 0 Å². The molecule has 0 aliphatic carbocycles. The van der Waals surface area contributed by atoms with Gasteiger partial charge in [-0.05, 0) is 43.5 Å². The lowest BCUT2D eigenvalue weighted by Crippen LogP contribution is -2.49. The zero-order valence-corrected chi connectivity index (χ0v) is 9.70. The minimum Gasteiger partial charge on any atom is -0.508 e. The summed E-state index contributed by atoms with van der Waals surface area (Å²) in [5, 5.41) is 12.9. The molecule has 2 rings (SSSR count). The van der Waals surface area contributed by atoms with Gasteiger partial charge in [0.25, 0.3) is 0 Å². The molecule has 0 saturated carbocycles. The Morgan fingerprint density at radius 3 is 2.62 bits per heavy atom. The molecule has 1 heterocycles. The van der Waals surface area contributed by atoms with E-state index in [0.29, 0.717) is 12.4 Å². The Labute approximate surface area is 96.4 Å². The van der Waals surface area contributed by atoms with Crippen LogP contribution in [0.2, 0.25) is 0 Å². The van der Waals surface area contributed by atoms with Crippen molar-refractivity contribution in [2.24, 2.45) is 0 Å². The van der Waals surface area contributed by atoms with E-state index in [2.05, 4.69) is 5.32 Å². The fraction of sp³-hybridized carbons (Fsp3) is 0.538. The lowest BCUT2D eigenvalue weighted by molar-refractivity contribution is 0.0883. The second-order valence-corrected chi connectivity index (χ2v) is 4.45. The summed E-state index contributed by atoms with van der Waals surface area (Å²) in [5.74, 6) is 0.312. The molecule has 0 aromatic heterocycles. The zero-order chi connectivity index (χ0) is 11.4. The molecule has 1 atom stereocenters. The van der Waals surface area contributed by atoms with Crippen molar-refractivity contribution in [2.45, 2.75) is 24.8 Å². The number of rotatable bonds is 3. The van der Waals surface area contributed by atoms with E-state index in [9.17, 15) is 5.11 Å². The van der Waals surface area contributed by atoms with E-state index in [1.807, 2.05) is 12.1 Å². The number of ether oxygens (including phenoxy) is 1. The highest BCUT2D eigenvalue weighted by Gasteiger charge is 2.33. The number of benzene rings is 1. The topological polar surface area (TPSA) is 41.5 Å². The standard InChI is InChI=1S/C13H19NO2/c1-16-10-13(8-2-3-9-14-13)11-4-6-12(15)7-5-11/h4-7,14-15H,2-3,8-10H2,1H3. The van der Waals surface area contributed by atoms with Crippen molar-refractivity contribution in [3.63, 3.8) is 0 Å². The Hall–Kier alpha value is -1.06. The quantitative estimate of drug-likeness (QED) is 0.820. The third-order valence-corrected chi connectivity index (χ3v) is 3.30. The van der Waals surface area contributed by atoms with Gasteiger partial charge in [-0.25, -0.2) is 0 Å². The average molecular weight is 221 g/mol. The first-order valence-electron chi connectivity index (χ1n) is 5.80. The molecule has 0 bridgehead atoms. The zero-order valence-electron chi connectivity index (χ0n) is 9.70. The maximum atomic E-state index is 9.32. The Bertz CT molecular complexity index is 323. The average Bonchev–Trinajstić information content (AvgIpc) is 2.31. The minimum absolute atomic E-state index is 0.0688. The van der Waals surface area contributed by atoms with Gasteiger partial charge in [0.05, 0.1) is 12.1 Å². The maximum Gasteiger partial charge on any atom is 0.115 e. The van der Waals surface area contributed by atoms with Crippen molar-refractivity contribution >= 4 is 0 Å². The fourth-order valence-electron chi connectivity index (χ4n) is 2.45. The van der Waals surface area contributed by atoms with Crippen molar-refractivity contribution in [1.29, 1.82) is 0 Å². The molecule has 1 unspecified atom stereocenters. The molecule has 0 radical (unpaired) electrons. The number of aromatic hydroxyl groups is 1. The first-order valence-corrected chi connectivity index (χ1v) is 5.80. The molecule has 0 amide bonds. The van der Waals surface area contributed by atoms with E-state index in [0.717, 1.165) is 13.0 Å². The number of nitrogens with one attached hydrogen (secondary N) is 1. The van der Waals surface area contributed by atoms with Crippen molar-refractivity contribution in [3.8, 4) is 5.75 Å². The predicted octanol–water partition coefficient (Wildman–Crippen LogP) is 2.01. The Morgan fingerprint density at radius 2 is 2.06 bits per heavy atom. The summed E-state index contributed by atoms with van der Waals surface area (Å²) in [7, 11) is 1.73. The highest BCUT2D eigenvalue weighted by Crippen LogP contribution is 2.31. The van der Waals surface area contributed by atoms with Crippen LogP contribution in [-0.2, 0) is 10.3 Å². The largest absolute Gasteiger partial charge is 0.508 e. The van der Waals surface area contributed by atoms with Crippen LogP contribution in [-0.4, -0.2) is 25.4 Å². The molecule has 1 aliphatic rings. The molecule has 1 aliphatic heterocycles. The first kappa shape index (κ1) is 11.4. The number of methoxy groups -OCH3 is 1. The van der Waals surface area contributed by atoms with Crippen molar-refractivity contribution in [1.82, 2.24) is 5.32 Å². The van der Waals surface area contributed by atoms with Crippen LogP contribution in [0.4, 0.5) is 0 Å². The van der Waals surface area contributed by atoms with Crippen LogP contribution in [0.3, 0.4) is 0 Å². The number of hydrogen-bond donors (Lipinski definition) is 2. The van der Waals surface area contributed by atoms with Gasteiger partial charge in [-0.3, -0.25) is 0 Å². The maximum absolute atomic E-state index is 9.32. The third kappa shape index (κ3) is 2.20. The fourth-order valence-corrected chi connectivity index (χ4v) is 2.45. The molecule has 16 heavy (non-hydrogen) atoms. The van der Waals surface area contributed by atoms with E-state index in [1.54, 1.807) is 19.2 Å². The van der Waals surface area contributed by atoms with E-state index >= 15 is 0 Å². The van der Waals surface area contributed by atoms with Gasteiger partial charge >= 0.3 is 0 Å². The summed E-state index contributed by atoms with van der Waals surface area (Å²) < 4.78 is 5.34. The van der Waals surface area contributed by atoms with E-state index in [4.69, 9.17) is 4.74 Å². The monoisotopic (exact) mass is 221 g/mol. The van der Waals surface area contributed by atoms with Crippen LogP contribution in [0.1, 0.15) is 24.8 Å². The Balaban J connectivity index is 2.26. The van der Waals surface area contributed by atoms with Gasteiger partial charge in [0.2, 0.25) is 0 Å². The molecule has 0 spiro atoms. The SMILES string of the molecule is COCC1(c2ccc(O)cc2)CCCCN1. The van der Waals surface area contributed by atoms with E-state index in [1.165, 1.54) is 18.4 Å². The van der Waals surface area contributed by atoms with Crippen LogP contribution in [0, 0.1) is 0 Å². The summed E-state index contributed by atoms with van der Waals surface area (Å²) in [6.07, 6.45) is 3.53. The lowest BCUT2D eigenvalue weighted by Gasteiger charge is -2.38. The summed E-state index contributed by atoms with van der Waals surface area (Å²) in [5.41, 5.74) is 1.13. The lowest BCUT2D eigenvalue weighted by atomic mass is 9.83. The third-order valence-electron chi connectivity index (χ3n) is 3.30. The summed E-state index contributed by atoms with van der Waals surface area (Å²) in [6.45, 7) is 1.71. The summed E-state index contributed by atoms with van der Waals surface area (Å²) in [6, 6.07) is 7.44. The smallest absolute Gasteiger partial charge is 0.115 e. The highest BCUT2D eigenvalue weighted by atomic mass is 16.5.